The van der Waals surface area contributed by atoms with E-state index in [1.165, 1.54) is 0 Å². The molecule has 1 aliphatic rings. The van der Waals surface area contributed by atoms with Gasteiger partial charge in [-0.05, 0) is 14.1 Å². The Bertz CT molecular complexity index is 233. The Morgan fingerprint density at radius 2 is 1.65 bits per heavy atom. The van der Waals surface area contributed by atoms with Crippen molar-refractivity contribution in [1.82, 2.24) is 14.7 Å². The topological polar surface area (TPSA) is 26.8 Å². The predicted molar refractivity (Wildman–Crippen MR) is 71.3 cm³/mol. The zero-order valence-electron chi connectivity index (χ0n) is 11.8. The number of hydrogen-bond acceptors (Lipinski definition) is 4. The molecule has 0 saturated carbocycles. The average molecular weight is 241 g/mol. The van der Waals surface area contributed by atoms with Gasteiger partial charge in [-0.1, -0.05) is 13.8 Å². The summed E-state index contributed by atoms with van der Waals surface area (Å²) in [4.78, 5) is 18.0. The fraction of sp³-hybridized carbons (Fsp3) is 0.923. The average Bonchev–Trinajstić information content (AvgIpc) is 2.28. The molecule has 17 heavy (non-hydrogen) atoms. The van der Waals surface area contributed by atoms with Gasteiger partial charge in [-0.25, -0.2) is 0 Å². The van der Waals surface area contributed by atoms with Gasteiger partial charge < -0.3 is 9.69 Å². The molecule has 0 aromatic rings. The van der Waals surface area contributed by atoms with Crippen molar-refractivity contribution < 1.29 is 4.79 Å². The molecule has 0 unspecified atom stereocenters. The molecule has 1 rings (SSSR count). The first kappa shape index (κ1) is 14.6. The lowest BCUT2D eigenvalue weighted by molar-refractivity contribution is -0.115. The Kier molecular flexibility index (Phi) is 5.56. The highest BCUT2D eigenvalue weighted by molar-refractivity contribution is 5.58. The molecule has 0 amide bonds. The third-order valence-electron chi connectivity index (χ3n) is 3.28. The van der Waals surface area contributed by atoms with Crippen molar-refractivity contribution >= 4 is 6.29 Å². The molecule has 0 radical (unpaired) electrons. The summed E-state index contributed by atoms with van der Waals surface area (Å²) in [5.74, 6) is 0. The van der Waals surface area contributed by atoms with E-state index in [1.807, 2.05) is 13.8 Å². The molecule has 1 aliphatic heterocycles. The molecule has 0 bridgehead atoms. The summed E-state index contributed by atoms with van der Waals surface area (Å²) >= 11 is 0. The first-order valence-corrected chi connectivity index (χ1v) is 6.49. The zero-order valence-corrected chi connectivity index (χ0v) is 11.8. The number of carbonyl (C=O) groups is 1. The Hall–Kier alpha value is -0.450. The highest BCUT2D eigenvalue weighted by atomic mass is 16.1. The van der Waals surface area contributed by atoms with E-state index in [0.29, 0.717) is 0 Å². The quantitative estimate of drug-likeness (QED) is 0.629. The van der Waals surface area contributed by atoms with Crippen LogP contribution >= 0.6 is 0 Å². The number of aldehydes is 1. The molecule has 1 heterocycles. The summed E-state index contributed by atoms with van der Waals surface area (Å²) < 4.78 is 0. The fourth-order valence-electron chi connectivity index (χ4n) is 2.13. The van der Waals surface area contributed by atoms with Gasteiger partial charge in [0.05, 0.1) is 0 Å². The van der Waals surface area contributed by atoms with Gasteiger partial charge in [-0.3, -0.25) is 9.80 Å². The Morgan fingerprint density at radius 3 is 2.12 bits per heavy atom. The molecule has 0 N–H and O–H groups in total. The summed E-state index contributed by atoms with van der Waals surface area (Å²) in [7, 11) is 4.23. The van der Waals surface area contributed by atoms with Crippen LogP contribution in [0.1, 0.15) is 13.8 Å². The fourth-order valence-corrected chi connectivity index (χ4v) is 2.13. The normalized spacial score (nSPS) is 19.8. The van der Waals surface area contributed by atoms with E-state index in [9.17, 15) is 4.79 Å². The standard InChI is InChI=1S/C13H27N3O/c1-13(2,12-17)11-16-9-7-15(8-10-16)6-5-14(3)4/h12H,5-11H2,1-4H3. The summed E-state index contributed by atoms with van der Waals surface area (Å²) in [5, 5.41) is 0. The summed E-state index contributed by atoms with van der Waals surface area (Å²) in [6.07, 6.45) is 1.07. The van der Waals surface area contributed by atoms with Crippen LogP contribution in [0, 0.1) is 5.41 Å². The van der Waals surface area contributed by atoms with E-state index in [4.69, 9.17) is 0 Å². The predicted octanol–water partition coefficient (Wildman–Crippen LogP) is 0.391. The van der Waals surface area contributed by atoms with Crippen LogP contribution in [0.2, 0.25) is 0 Å². The lowest BCUT2D eigenvalue weighted by Gasteiger charge is -2.37. The molecule has 0 atom stereocenters. The van der Waals surface area contributed by atoms with E-state index < -0.39 is 0 Å². The lowest BCUT2D eigenvalue weighted by Crippen LogP contribution is -2.50. The third kappa shape index (κ3) is 5.61. The molecule has 4 nitrogen and oxygen atoms in total. The summed E-state index contributed by atoms with van der Waals surface area (Å²) in [6.45, 7) is 11.6. The molecular formula is C13H27N3O. The Labute approximate surface area is 106 Å². The first-order valence-electron chi connectivity index (χ1n) is 6.49. The minimum absolute atomic E-state index is 0.203. The van der Waals surface area contributed by atoms with Gasteiger partial charge in [0, 0.05) is 51.2 Å². The molecule has 100 valence electrons. The van der Waals surface area contributed by atoms with Gasteiger partial charge in [-0.15, -0.1) is 0 Å². The Balaban J connectivity index is 2.24. The third-order valence-corrected chi connectivity index (χ3v) is 3.28. The highest BCUT2D eigenvalue weighted by Crippen LogP contribution is 2.14. The monoisotopic (exact) mass is 241 g/mol. The van der Waals surface area contributed by atoms with Gasteiger partial charge in [0.15, 0.2) is 0 Å². The molecule has 0 spiro atoms. The molecule has 0 aliphatic carbocycles. The van der Waals surface area contributed by atoms with Crippen LogP contribution < -0.4 is 0 Å². The van der Waals surface area contributed by atoms with Gasteiger partial charge >= 0.3 is 0 Å². The highest BCUT2D eigenvalue weighted by Gasteiger charge is 2.24. The maximum Gasteiger partial charge on any atom is 0.126 e. The van der Waals surface area contributed by atoms with Crippen LogP contribution in [-0.2, 0) is 4.79 Å². The molecule has 0 aromatic heterocycles. The maximum atomic E-state index is 10.9. The van der Waals surface area contributed by atoms with Crippen LogP contribution in [0.5, 0.6) is 0 Å². The number of piperazine rings is 1. The van der Waals surface area contributed by atoms with Crippen LogP contribution in [0.15, 0.2) is 0 Å². The molecular weight excluding hydrogens is 214 g/mol. The minimum atomic E-state index is -0.203. The number of carbonyl (C=O) groups excluding carboxylic acids is 1. The summed E-state index contributed by atoms with van der Waals surface area (Å²) in [6, 6.07) is 0. The van der Waals surface area contributed by atoms with Crippen molar-refractivity contribution in [2.24, 2.45) is 5.41 Å². The number of rotatable bonds is 6. The first-order chi connectivity index (χ1) is 7.93. The molecule has 4 heteroatoms. The van der Waals surface area contributed by atoms with E-state index >= 15 is 0 Å². The molecule has 0 aromatic carbocycles. The molecule has 1 saturated heterocycles. The molecule has 1 fully saturated rings. The second kappa shape index (κ2) is 6.47. The van der Waals surface area contributed by atoms with Gasteiger partial charge in [0.2, 0.25) is 0 Å². The largest absolute Gasteiger partial charge is 0.308 e. The van der Waals surface area contributed by atoms with Crippen LogP contribution in [0.4, 0.5) is 0 Å². The van der Waals surface area contributed by atoms with Crippen LogP contribution in [0.25, 0.3) is 0 Å². The number of hydrogen-bond donors (Lipinski definition) is 0. The van der Waals surface area contributed by atoms with Gasteiger partial charge in [0.1, 0.15) is 6.29 Å². The Morgan fingerprint density at radius 1 is 1.12 bits per heavy atom. The van der Waals surface area contributed by atoms with Crippen LogP contribution in [0.3, 0.4) is 0 Å². The van der Waals surface area contributed by atoms with E-state index in [-0.39, 0.29) is 5.41 Å². The second-order valence-electron chi connectivity index (χ2n) is 6.03. The van der Waals surface area contributed by atoms with Gasteiger partial charge in [-0.2, -0.15) is 0 Å². The van der Waals surface area contributed by atoms with Crippen molar-refractivity contribution in [3.63, 3.8) is 0 Å². The summed E-state index contributed by atoms with van der Waals surface area (Å²) in [5.41, 5.74) is -0.203. The van der Waals surface area contributed by atoms with Crippen molar-refractivity contribution in [3.05, 3.63) is 0 Å². The van der Waals surface area contributed by atoms with Crippen molar-refractivity contribution in [3.8, 4) is 0 Å². The van der Waals surface area contributed by atoms with Crippen LogP contribution in [-0.4, -0.2) is 80.9 Å². The van der Waals surface area contributed by atoms with Crippen molar-refractivity contribution in [2.45, 2.75) is 13.8 Å². The maximum absolute atomic E-state index is 10.9. The van der Waals surface area contributed by atoms with E-state index in [2.05, 4.69) is 28.8 Å². The smallest absolute Gasteiger partial charge is 0.126 e. The lowest BCUT2D eigenvalue weighted by atomic mass is 9.95. The van der Waals surface area contributed by atoms with Gasteiger partial charge in [0.25, 0.3) is 0 Å². The van der Waals surface area contributed by atoms with E-state index in [0.717, 1.165) is 52.1 Å². The second-order valence-corrected chi connectivity index (χ2v) is 6.03. The van der Waals surface area contributed by atoms with Crippen molar-refractivity contribution in [2.75, 3.05) is 59.9 Å². The zero-order chi connectivity index (χ0) is 12.9. The number of nitrogens with zero attached hydrogens (tertiary/aromatic N) is 3. The van der Waals surface area contributed by atoms with E-state index in [1.54, 1.807) is 0 Å². The minimum Gasteiger partial charge on any atom is -0.308 e. The van der Waals surface area contributed by atoms with Crippen molar-refractivity contribution in [1.29, 1.82) is 0 Å². The number of likely N-dealkylation sites (N-methyl/N-ethyl adjacent to an activating group) is 1. The SMILES string of the molecule is CN(C)CCN1CCN(CC(C)(C)C=O)CC1.